The van der Waals surface area contributed by atoms with Crippen molar-refractivity contribution in [1.82, 2.24) is 14.2 Å². The number of fused-ring (bicyclic) bond motifs is 1. The highest BCUT2D eigenvalue weighted by atomic mass is 16.5. The molecule has 0 bridgehead atoms. The molecule has 4 aromatic rings. The van der Waals surface area contributed by atoms with Gasteiger partial charge < -0.3 is 14.4 Å². The zero-order valence-corrected chi connectivity index (χ0v) is 18.3. The molecule has 2 heterocycles. The minimum Gasteiger partial charge on any atom is -0.490 e. The Morgan fingerprint density at radius 1 is 1.00 bits per heavy atom. The standard InChI is InChI=1S/C25H27N3O3/c1-16-10-11-17(2)25(19(16)4)31-15-21(29)14-27-18(3)12-24(30)28-23(27)13-22(26-28)20-8-6-5-7-9-20/h5-13,21,29H,14-15H2,1-4H3/t21-/m0/s1. The van der Waals surface area contributed by atoms with Gasteiger partial charge in [-0.15, -0.1) is 0 Å². The van der Waals surface area contributed by atoms with Crippen LogP contribution in [0.5, 0.6) is 5.75 Å². The van der Waals surface area contributed by atoms with Gasteiger partial charge in [-0.25, -0.2) is 0 Å². The molecule has 31 heavy (non-hydrogen) atoms. The number of ether oxygens (including phenoxy) is 1. The molecular formula is C25H27N3O3. The second-order valence-electron chi connectivity index (χ2n) is 8.02. The molecule has 0 spiro atoms. The number of hydrogen-bond acceptors (Lipinski definition) is 4. The highest BCUT2D eigenvalue weighted by molar-refractivity contribution is 5.64. The summed E-state index contributed by atoms with van der Waals surface area (Å²) in [5, 5.41) is 15.2. The van der Waals surface area contributed by atoms with Crippen molar-refractivity contribution in [3.05, 3.63) is 87.3 Å². The third kappa shape index (κ3) is 4.11. The Labute approximate surface area is 181 Å². The summed E-state index contributed by atoms with van der Waals surface area (Å²) in [4.78, 5) is 12.5. The lowest BCUT2D eigenvalue weighted by atomic mass is 10.1. The van der Waals surface area contributed by atoms with Gasteiger partial charge in [0.1, 0.15) is 24.1 Å². The number of aliphatic hydroxyl groups excluding tert-OH is 1. The van der Waals surface area contributed by atoms with Crippen LogP contribution in [-0.2, 0) is 6.54 Å². The van der Waals surface area contributed by atoms with Gasteiger partial charge in [0.05, 0.1) is 12.2 Å². The van der Waals surface area contributed by atoms with Gasteiger partial charge in [-0.05, 0) is 44.4 Å². The summed E-state index contributed by atoms with van der Waals surface area (Å²) < 4.78 is 9.28. The van der Waals surface area contributed by atoms with Gasteiger partial charge in [-0.2, -0.15) is 9.61 Å². The fourth-order valence-corrected chi connectivity index (χ4v) is 3.80. The van der Waals surface area contributed by atoms with Gasteiger partial charge in [0.25, 0.3) is 5.56 Å². The lowest BCUT2D eigenvalue weighted by molar-refractivity contribution is 0.0919. The van der Waals surface area contributed by atoms with Gasteiger partial charge in [0.2, 0.25) is 0 Å². The van der Waals surface area contributed by atoms with Crippen LogP contribution in [0.3, 0.4) is 0 Å². The van der Waals surface area contributed by atoms with Gasteiger partial charge in [-0.1, -0.05) is 42.5 Å². The summed E-state index contributed by atoms with van der Waals surface area (Å²) in [6, 6.07) is 17.2. The third-order valence-electron chi connectivity index (χ3n) is 5.69. The molecular weight excluding hydrogens is 390 g/mol. The molecule has 0 saturated heterocycles. The van der Waals surface area contributed by atoms with E-state index in [-0.39, 0.29) is 12.2 Å². The van der Waals surface area contributed by atoms with E-state index in [1.165, 1.54) is 10.6 Å². The first kappa shape index (κ1) is 20.9. The smallest absolute Gasteiger partial charge is 0.274 e. The Bertz CT molecular complexity index is 1290. The highest BCUT2D eigenvalue weighted by Crippen LogP contribution is 2.26. The summed E-state index contributed by atoms with van der Waals surface area (Å²) in [5.74, 6) is 0.816. The van der Waals surface area contributed by atoms with Crippen molar-refractivity contribution in [1.29, 1.82) is 0 Å². The number of aryl methyl sites for hydroxylation is 3. The lowest BCUT2D eigenvalue weighted by Gasteiger charge is -2.19. The molecule has 0 fully saturated rings. The fourth-order valence-electron chi connectivity index (χ4n) is 3.80. The van der Waals surface area contributed by atoms with Crippen molar-refractivity contribution in [3.8, 4) is 17.0 Å². The third-order valence-corrected chi connectivity index (χ3v) is 5.69. The maximum absolute atomic E-state index is 12.5. The van der Waals surface area contributed by atoms with Gasteiger partial charge in [0.15, 0.2) is 0 Å². The van der Waals surface area contributed by atoms with Crippen molar-refractivity contribution in [2.24, 2.45) is 0 Å². The largest absolute Gasteiger partial charge is 0.490 e. The van der Waals surface area contributed by atoms with Crippen molar-refractivity contribution in [2.75, 3.05) is 6.61 Å². The Morgan fingerprint density at radius 3 is 2.45 bits per heavy atom. The SMILES string of the molecule is Cc1ccc(C)c(OC[C@@H](O)Cn2c(C)cc(=O)n3nc(-c4ccccc4)cc23)c1C. The van der Waals surface area contributed by atoms with Crippen LogP contribution in [0.15, 0.2) is 59.4 Å². The van der Waals surface area contributed by atoms with Gasteiger partial charge in [-0.3, -0.25) is 4.79 Å². The molecule has 1 atom stereocenters. The first-order valence-corrected chi connectivity index (χ1v) is 10.4. The fraction of sp³-hybridized carbons (Fsp3) is 0.280. The second kappa shape index (κ2) is 8.40. The van der Waals surface area contributed by atoms with E-state index in [0.717, 1.165) is 33.7 Å². The monoisotopic (exact) mass is 417 g/mol. The van der Waals surface area contributed by atoms with E-state index in [4.69, 9.17) is 4.74 Å². The summed E-state index contributed by atoms with van der Waals surface area (Å²) >= 11 is 0. The van der Waals surface area contributed by atoms with Gasteiger partial charge >= 0.3 is 0 Å². The van der Waals surface area contributed by atoms with Crippen LogP contribution in [0, 0.1) is 27.7 Å². The maximum Gasteiger partial charge on any atom is 0.274 e. The summed E-state index contributed by atoms with van der Waals surface area (Å²) in [6.07, 6.45) is -0.751. The molecule has 4 rings (SSSR count). The topological polar surface area (TPSA) is 68.8 Å². The first-order chi connectivity index (χ1) is 14.8. The van der Waals surface area contributed by atoms with E-state index in [0.29, 0.717) is 17.9 Å². The molecule has 0 aliphatic carbocycles. The van der Waals surface area contributed by atoms with E-state index in [1.807, 2.05) is 74.7 Å². The van der Waals surface area contributed by atoms with Gasteiger partial charge in [0, 0.05) is 23.4 Å². The normalized spacial score (nSPS) is 12.3. The average molecular weight is 418 g/mol. The highest BCUT2D eigenvalue weighted by Gasteiger charge is 2.16. The van der Waals surface area contributed by atoms with Crippen LogP contribution in [0.25, 0.3) is 16.9 Å². The number of hydrogen-bond donors (Lipinski definition) is 1. The number of benzene rings is 2. The molecule has 0 aliphatic heterocycles. The average Bonchev–Trinajstić information content (AvgIpc) is 3.20. The first-order valence-electron chi connectivity index (χ1n) is 10.4. The molecule has 6 nitrogen and oxygen atoms in total. The van der Waals surface area contributed by atoms with Crippen LogP contribution in [-0.4, -0.2) is 32.0 Å². The predicted octanol–water partition coefficient (Wildman–Crippen LogP) is 3.84. The Morgan fingerprint density at radius 2 is 1.71 bits per heavy atom. The van der Waals surface area contributed by atoms with Crippen molar-refractivity contribution in [2.45, 2.75) is 40.3 Å². The lowest BCUT2D eigenvalue weighted by Crippen LogP contribution is -2.28. The maximum atomic E-state index is 12.5. The minimum atomic E-state index is -0.751. The summed E-state index contributed by atoms with van der Waals surface area (Å²) in [6.45, 7) is 8.38. The molecule has 160 valence electrons. The summed E-state index contributed by atoms with van der Waals surface area (Å²) in [5.41, 5.74) is 6.14. The van der Waals surface area contributed by atoms with Crippen molar-refractivity contribution >= 4 is 5.65 Å². The van der Waals surface area contributed by atoms with E-state index >= 15 is 0 Å². The number of nitrogens with zero attached hydrogens (tertiary/aromatic N) is 3. The predicted molar refractivity (Wildman–Crippen MR) is 122 cm³/mol. The van der Waals surface area contributed by atoms with Crippen molar-refractivity contribution < 1.29 is 9.84 Å². The van der Waals surface area contributed by atoms with Crippen LogP contribution in [0.4, 0.5) is 0 Å². The summed E-state index contributed by atoms with van der Waals surface area (Å²) in [7, 11) is 0. The quantitative estimate of drug-likeness (QED) is 0.518. The molecule has 1 N–H and O–H groups in total. The molecule has 2 aromatic heterocycles. The molecule has 0 amide bonds. The van der Waals surface area contributed by atoms with E-state index in [9.17, 15) is 9.90 Å². The number of aliphatic hydroxyl groups is 1. The van der Waals surface area contributed by atoms with Crippen LogP contribution in [0.2, 0.25) is 0 Å². The van der Waals surface area contributed by atoms with Crippen molar-refractivity contribution in [3.63, 3.8) is 0 Å². The Hall–Kier alpha value is -3.38. The van der Waals surface area contributed by atoms with E-state index < -0.39 is 6.10 Å². The van der Waals surface area contributed by atoms with Crippen LogP contribution < -0.4 is 10.3 Å². The minimum absolute atomic E-state index is 0.155. The molecule has 0 aliphatic rings. The molecule has 2 aromatic carbocycles. The molecule has 6 heteroatoms. The molecule has 0 unspecified atom stereocenters. The Kier molecular flexibility index (Phi) is 5.65. The van der Waals surface area contributed by atoms with Crippen LogP contribution >= 0.6 is 0 Å². The zero-order chi connectivity index (χ0) is 22.1. The van der Waals surface area contributed by atoms with Crippen LogP contribution in [0.1, 0.15) is 22.4 Å². The van der Waals surface area contributed by atoms with E-state index in [2.05, 4.69) is 11.2 Å². The second-order valence-corrected chi connectivity index (χ2v) is 8.02. The Balaban J connectivity index is 1.61. The molecule has 0 radical (unpaired) electrons. The number of rotatable bonds is 6. The number of aromatic nitrogens is 3. The zero-order valence-electron chi connectivity index (χ0n) is 18.3. The molecule has 0 saturated carbocycles. The van der Waals surface area contributed by atoms with E-state index in [1.54, 1.807) is 0 Å².